The van der Waals surface area contributed by atoms with Crippen LogP contribution < -0.4 is 16.4 Å². The molecular weight excluding hydrogens is 336 g/mol. The van der Waals surface area contributed by atoms with E-state index >= 15 is 0 Å². The minimum atomic E-state index is -0.582. The third kappa shape index (κ3) is 3.77. The second-order valence-corrected chi connectivity index (χ2v) is 6.62. The summed E-state index contributed by atoms with van der Waals surface area (Å²) < 4.78 is 5.22. The molecule has 3 amide bonds. The number of piperidine rings is 1. The summed E-state index contributed by atoms with van der Waals surface area (Å²) in [6, 6.07) is 5.17. The number of rotatable bonds is 7. The molecule has 0 saturated carbocycles. The first kappa shape index (κ1) is 18.5. The van der Waals surface area contributed by atoms with Crippen LogP contribution in [0.2, 0.25) is 0 Å². The average Bonchev–Trinajstić information content (AvgIpc) is 2.95. The SMILES string of the molecule is COC(CN)CNCc1ccc2c(c1)C(=O)N(C1CCC(=O)NC1=O)C2. The lowest BCUT2D eigenvalue weighted by Gasteiger charge is -2.29. The Morgan fingerprint density at radius 3 is 2.88 bits per heavy atom. The predicted octanol–water partition coefficient (Wildman–Crippen LogP) is -0.489. The van der Waals surface area contributed by atoms with E-state index in [2.05, 4.69) is 10.6 Å². The van der Waals surface area contributed by atoms with Crippen molar-refractivity contribution in [2.45, 2.75) is 38.1 Å². The van der Waals surface area contributed by atoms with Crippen LogP contribution in [0, 0.1) is 0 Å². The van der Waals surface area contributed by atoms with Crippen LogP contribution in [0.3, 0.4) is 0 Å². The molecule has 1 aromatic carbocycles. The number of nitrogens with two attached hydrogens (primary N) is 1. The first-order chi connectivity index (χ1) is 12.5. The van der Waals surface area contributed by atoms with E-state index in [9.17, 15) is 14.4 Å². The molecule has 1 fully saturated rings. The number of carbonyl (C=O) groups is 3. The molecule has 2 aliphatic rings. The van der Waals surface area contributed by atoms with E-state index in [-0.39, 0.29) is 24.3 Å². The van der Waals surface area contributed by atoms with Gasteiger partial charge in [0.1, 0.15) is 6.04 Å². The molecule has 0 spiro atoms. The third-order valence-corrected chi connectivity index (χ3v) is 4.89. The van der Waals surface area contributed by atoms with Gasteiger partial charge in [-0.25, -0.2) is 0 Å². The van der Waals surface area contributed by atoms with E-state index < -0.39 is 11.9 Å². The van der Waals surface area contributed by atoms with Crippen molar-refractivity contribution in [1.82, 2.24) is 15.5 Å². The maximum Gasteiger partial charge on any atom is 0.255 e. The number of methoxy groups -OCH3 is 1. The van der Waals surface area contributed by atoms with Crippen molar-refractivity contribution in [2.75, 3.05) is 20.2 Å². The van der Waals surface area contributed by atoms with E-state index in [1.165, 1.54) is 0 Å². The zero-order valence-corrected chi connectivity index (χ0v) is 14.8. The van der Waals surface area contributed by atoms with Crippen molar-refractivity contribution < 1.29 is 19.1 Å². The minimum Gasteiger partial charge on any atom is -0.379 e. The van der Waals surface area contributed by atoms with Gasteiger partial charge in [-0.05, 0) is 23.6 Å². The number of fused-ring (bicyclic) bond motifs is 1. The number of benzene rings is 1. The maximum atomic E-state index is 12.8. The molecule has 4 N–H and O–H groups in total. The topological polar surface area (TPSA) is 114 Å². The van der Waals surface area contributed by atoms with Gasteiger partial charge in [-0.15, -0.1) is 0 Å². The Bertz CT molecular complexity index is 717. The lowest BCUT2D eigenvalue weighted by Crippen LogP contribution is -2.52. The lowest BCUT2D eigenvalue weighted by atomic mass is 10.0. The number of nitrogens with one attached hydrogen (secondary N) is 2. The second-order valence-electron chi connectivity index (χ2n) is 6.62. The third-order valence-electron chi connectivity index (χ3n) is 4.89. The molecule has 2 aliphatic heterocycles. The highest BCUT2D eigenvalue weighted by Gasteiger charge is 2.39. The molecule has 1 saturated heterocycles. The van der Waals surface area contributed by atoms with Gasteiger partial charge in [0, 0.05) is 45.3 Å². The van der Waals surface area contributed by atoms with Gasteiger partial charge in [-0.1, -0.05) is 12.1 Å². The summed E-state index contributed by atoms with van der Waals surface area (Å²) in [6.07, 6.45) is 0.582. The van der Waals surface area contributed by atoms with Crippen LogP contribution in [0.1, 0.15) is 34.3 Å². The summed E-state index contributed by atoms with van der Waals surface area (Å²) in [5.41, 5.74) is 8.10. The van der Waals surface area contributed by atoms with Crippen LogP contribution in [0.25, 0.3) is 0 Å². The monoisotopic (exact) mass is 360 g/mol. The average molecular weight is 360 g/mol. The predicted molar refractivity (Wildman–Crippen MR) is 94.0 cm³/mol. The quantitative estimate of drug-likeness (QED) is 0.566. The Kier molecular flexibility index (Phi) is 5.65. The fraction of sp³-hybridized carbons (Fsp3) is 0.500. The fourth-order valence-corrected chi connectivity index (χ4v) is 3.35. The molecule has 2 unspecified atom stereocenters. The summed E-state index contributed by atoms with van der Waals surface area (Å²) in [7, 11) is 1.62. The van der Waals surface area contributed by atoms with Crippen LogP contribution in [-0.2, 0) is 27.4 Å². The molecule has 0 aliphatic carbocycles. The molecular formula is C18H24N4O4. The summed E-state index contributed by atoms with van der Waals surface area (Å²) in [4.78, 5) is 37.7. The Hall–Kier alpha value is -2.29. The molecule has 0 radical (unpaired) electrons. The number of amides is 3. The van der Waals surface area contributed by atoms with Crippen molar-refractivity contribution in [3.8, 4) is 0 Å². The number of hydrogen-bond acceptors (Lipinski definition) is 6. The maximum absolute atomic E-state index is 12.8. The summed E-state index contributed by atoms with van der Waals surface area (Å²) >= 11 is 0. The Morgan fingerprint density at radius 2 is 2.19 bits per heavy atom. The minimum absolute atomic E-state index is 0.0472. The summed E-state index contributed by atoms with van der Waals surface area (Å²) in [6.45, 7) is 2.05. The van der Waals surface area contributed by atoms with Crippen molar-refractivity contribution >= 4 is 17.7 Å². The van der Waals surface area contributed by atoms with Gasteiger partial charge in [-0.3, -0.25) is 19.7 Å². The van der Waals surface area contributed by atoms with Crippen LogP contribution in [-0.4, -0.2) is 55.0 Å². The van der Waals surface area contributed by atoms with Gasteiger partial charge in [0.2, 0.25) is 11.8 Å². The van der Waals surface area contributed by atoms with Crippen molar-refractivity contribution in [3.05, 3.63) is 34.9 Å². The van der Waals surface area contributed by atoms with Gasteiger partial charge in [0.15, 0.2) is 0 Å². The molecule has 8 nitrogen and oxygen atoms in total. The van der Waals surface area contributed by atoms with Crippen molar-refractivity contribution in [1.29, 1.82) is 0 Å². The smallest absolute Gasteiger partial charge is 0.255 e. The standard InChI is InChI=1S/C18H24N4O4/c1-26-13(7-19)9-20-8-11-2-3-12-10-22(18(25)14(12)6-11)15-4-5-16(23)21-17(15)24/h2-3,6,13,15,20H,4-5,7-10,19H2,1H3,(H,21,23,24). The molecule has 2 heterocycles. The van der Waals surface area contributed by atoms with E-state index in [4.69, 9.17) is 10.5 Å². The molecule has 0 aromatic heterocycles. The highest BCUT2D eigenvalue weighted by atomic mass is 16.5. The normalized spacial score (nSPS) is 20.9. The van der Waals surface area contributed by atoms with E-state index in [0.29, 0.717) is 38.2 Å². The number of hydrogen-bond donors (Lipinski definition) is 3. The summed E-state index contributed by atoms with van der Waals surface area (Å²) in [5, 5.41) is 5.58. The molecule has 26 heavy (non-hydrogen) atoms. The van der Waals surface area contributed by atoms with Crippen LogP contribution in [0.4, 0.5) is 0 Å². The van der Waals surface area contributed by atoms with Gasteiger partial charge in [0.05, 0.1) is 6.10 Å². The highest BCUT2D eigenvalue weighted by molar-refractivity contribution is 6.05. The Balaban J connectivity index is 1.65. The number of ether oxygens (including phenoxy) is 1. The molecule has 8 heteroatoms. The molecule has 3 rings (SSSR count). The summed E-state index contributed by atoms with van der Waals surface area (Å²) in [5.74, 6) is -0.833. The zero-order valence-electron chi connectivity index (χ0n) is 14.8. The van der Waals surface area contributed by atoms with Gasteiger partial charge in [-0.2, -0.15) is 0 Å². The van der Waals surface area contributed by atoms with Gasteiger partial charge < -0.3 is 20.7 Å². The number of nitrogens with zero attached hydrogens (tertiary/aromatic N) is 1. The molecule has 140 valence electrons. The van der Waals surface area contributed by atoms with Crippen LogP contribution in [0.5, 0.6) is 0 Å². The molecule has 0 bridgehead atoms. The largest absolute Gasteiger partial charge is 0.379 e. The lowest BCUT2D eigenvalue weighted by molar-refractivity contribution is -0.136. The molecule has 1 aromatic rings. The second kappa shape index (κ2) is 7.94. The zero-order chi connectivity index (χ0) is 18.7. The highest BCUT2D eigenvalue weighted by Crippen LogP contribution is 2.28. The fourth-order valence-electron chi connectivity index (χ4n) is 3.35. The van der Waals surface area contributed by atoms with Crippen molar-refractivity contribution in [3.63, 3.8) is 0 Å². The number of imide groups is 1. The van der Waals surface area contributed by atoms with Crippen LogP contribution >= 0.6 is 0 Å². The van der Waals surface area contributed by atoms with E-state index in [1.807, 2.05) is 18.2 Å². The van der Waals surface area contributed by atoms with Gasteiger partial charge in [0.25, 0.3) is 5.91 Å². The first-order valence-electron chi connectivity index (χ1n) is 8.73. The first-order valence-corrected chi connectivity index (χ1v) is 8.73. The van der Waals surface area contributed by atoms with Crippen LogP contribution in [0.15, 0.2) is 18.2 Å². The Morgan fingerprint density at radius 1 is 1.38 bits per heavy atom. The van der Waals surface area contributed by atoms with E-state index in [0.717, 1.165) is 11.1 Å². The number of carbonyl (C=O) groups excluding carboxylic acids is 3. The van der Waals surface area contributed by atoms with Gasteiger partial charge >= 0.3 is 0 Å². The van der Waals surface area contributed by atoms with Crippen molar-refractivity contribution in [2.24, 2.45) is 5.73 Å². The van der Waals surface area contributed by atoms with E-state index in [1.54, 1.807) is 12.0 Å². The molecule has 2 atom stereocenters. The Labute approximate surface area is 152 Å².